The summed E-state index contributed by atoms with van der Waals surface area (Å²) < 4.78 is 26.9. The lowest BCUT2D eigenvalue weighted by molar-refractivity contribution is 0.0945. The number of fused-ring (bicyclic) bond motifs is 1. The molecule has 0 radical (unpaired) electrons. The monoisotopic (exact) mass is 423 g/mol. The van der Waals surface area contributed by atoms with Crippen molar-refractivity contribution in [2.45, 2.75) is 4.90 Å². The summed E-state index contributed by atoms with van der Waals surface area (Å²) in [6.45, 7) is 3.43. The predicted molar refractivity (Wildman–Crippen MR) is 118 cm³/mol. The van der Waals surface area contributed by atoms with Crippen LogP contribution in [0.3, 0.4) is 0 Å². The molecule has 1 saturated heterocycles. The van der Waals surface area contributed by atoms with Crippen molar-refractivity contribution in [3.63, 3.8) is 0 Å². The zero-order valence-corrected chi connectivity index (χ0v) is 17.5. The van der Waals surface area contributed by atoms with Crippen LogP contribution in [0.1, 0.15) is 10.4 Å². The van der Waals surface area contributed by atoms with Gasteiger partial charge in [-0.1, -0.05) is 48.5 Å². The maximum absolute atomic E-state index is 12.7. The van der Waals surface area contributed by atoms with Gasteiger partial charge in [0.25, 0.3) is 5.91 Å². The zero-order valence-electron chi connectivity index (χ0n) is 16.7. The molecule has 1 heterocycles. The first kappa shape index (κ1) is 20.5. The summed E-state index contributed by atoms with van der Waals surface area (Å²) >= 11 is 0. The summed E-state index contributed by atoms with van der Waals surface area (Å²) in [5.41, 5.74) is 0.646. The summed E-state index contributed by atoms with van der Waals surface area (Å²) in [6, 6.07) is 22.2. The van der Waals surface area contributed by atoms with Crippen LogP contribution in [0, 0.1) is 0 Å². The molecule has 0 bridgehead atoms. The van der Waals surface area contributed by atoms with E-state index in [-0.39, 0.29) is 5.91 Å². The highest BCUT2D eigenvalue weighted by molar-refractivity contribution is 7.89. The molecule has 1 aliphatic heterocycles. The SMILES string of the molecule is O=C(NCCN1CCN(S(=O)(=O)c2ccccc2)CC1)c1ccc2ccccc2c1. The van der Waals surface area contributed by atoms with Crippen molar-refractivity contribution in [2.24, 2.45) is 0 Å². The fraction of sp³-hybridized carbons (Fsp3) is 0.261. The van der Waals surface area contributed by atoms with Crippen molar-refractivity contribution >= 4 is 26.7 Å². The number of hydrogen-bond acceptors (Lipinski definition) is 4. The zero-order chi connectivity index (χ0) is 21.0. The maximum Gasteiger partial charge on any atom is 0.251 e. The third-order valence-corrected chi connectivity index (χ3v) is 7.35. The molecular weight excluding hydrogens is 398 g/mol. The molecule has 6 nitrogen and oxygen atoms in total. The quantitative estimate of drug-likeness (QED) is 0.662. The smallest absolute Gasteiger partial charge is 0.251 e. The molecule has 156 valence electrons. The fourth-order valence-electron chi connectivity index (χ4n) is 3.70. The van der Waals surface area contributed by atoms with E-state index in [9.17, 15) is 13.2 Å². The van der Waals surface area contributed by atoms with Crippen molar-refractivity contribution in [3.8, 4) is 0 Å². The fourth-order valence-corrected chi connectivity index (χ4v) is 5.14. The van der Waals surface area contributed by atoms with Crippen molar-refractivity contribution in [2.75, 3.05) is 39.3 Å². The van der Waals surface area contributed by atoms with Crippen LogP contribution in [0.2, 0.25) is 0 Å². The minimum absolute atomic E-state index is 0.0916. The Bertz CT molecular complexity index is 1120. The Balaban J connectivity index is 1.26. The van der Waals surface area contributed by atoms with E-state index in [1.165, 1.54) is 4.31 Å². The van der Waals surface area contributed by atoms with Gasteiger partial charge in [-0.3, -0.25) is 9.69 Å². The lowest BCUT2D eigenvalue weighted by Gasteiger charge is -2.33. The predicted octanol–water partition coefficient (Wildman–Crippen LogP) is 2.58. The van der Waals surface area contributed by atoms with Gasteiger partial charge >= 0.3 is 0 Å². The van der Waals surface area contributed by atoms with Crippen LogP contribution < -0.4 is 5.32 Å². The molecular formula is C23H25N3O3S. The Morgan fingerprint density at radius 3 is 2.23 bits per heavy atom. The highest BCUT2D eigenvalue weighted by Crippen LogP contribution is 2.17. The van der Waals surface area contributed by atoms with Gasteiger partial charge in [0.15, 0.2) is 0 Å². The molecule has 0 unspecified atom stereocenters. The third kappa shape index (κ3) is 4.53. The number of hydrogen-bond donors (Lipinski definition) is 1. The first-order valence-corrected chi connectivity index (χ1v) is 11.5. The molecule has 0 aromatic heterocycles. The molecule has 1 N–H and O–H groups in total. The number of piperazine rings is 1. The molecule has 1 aliphatic rings. The lowest BCUT2D eigenvalue weighted by atomic mass is 10.1. The molecule has 30 heavy (non-hydrogen) atoms. The number of rotatable bonds is 6. The average molecular weight is 424 g/mol. The van der Waals surface area contributed by atoms with E-state index >= 15 is 0 Å². The average Bonchev–Trinajstić information content (AvgIpc) is 2.79. The van der Waals surface area contributed by atoms with Gasteiger partial charge < -0.3 is 5.32 Å². The van der Waals surface area contributed by atoms with Crippen molar-refractivity contribution in [1.82, 2.24) is 14.5 Å². The molecule has 0 spiro atoms. The Kier molecular flexibility index (Phi) is 6.13. The first-order valence-electron chi connectivity index (χ1n) is 10.1. The van der Waals surface area contributed by atoms with Crippen LogP contribution in [0.5, 0.6) is 0 Å². The summed E-state index contributed by atoms with van der Waals surface area (Å²) in [5.74, 6) is -0.0916. The van der Waals surface area contributed by atoms with Gasteiger partial charge in [-0.15, -0.1) is 0 Å². The van der Waals surface area contributed by atoms with Gasteiger partial charge in [0.2, 0.25) is 10.0 Å². The second kappa shape index (κ2) is 8.95. The van der Waals surface area contributed by atoms with E-state index in [4.69, 9.17) is 0 Å². The highest BCUT2D eigenvalue weighted by Gasteiger charge is 2.28. The van der Waals surface area contributed by atoms with E-state index in [0.717, 1.165) is 10.8 Å². The minimum atomic E-state index is -3.44. The van der Waals surface area contributed by atoms with Gasteiger partial charge in [-0.25, -0.2) is 8.42 Å². The van der Waals surface area contributed by atoms with Crippen molar-refractivity contribution < 1.29 is 13.2 Å². The van der Waals surface area contributed by atoms with E-state index in [1.807, 2.05) is 48.5 Å². The molecule has 1 fully saturated rings. The number of amides is 1. The van der Waals surface area contributed by atoms with Crippen LogP contribution in [0.25, 0.3) is 10.8 Å². The Morgan fingerprint density at radius 2 is 1.50 bits per heavy atom. The Labute approximate surface area is 177 Å². The largest absolute Gasteiger partial charge is 0.351 e. The van der Waals surface area contributed by atoms with E-state index in [2.05, 4.69) is 10.2 Å². The molecule has 0 aliphatic carbocycles. The highest BCUT2D eigenvalue weighted by atomic mass is 32.2. The molecule has 7 heteroatoms. The molecule has 1 amide bonds. The molecule has 0 atom stereocenters. The standard InChI is InChI=1S/C23H25N3O3S/c27-23(21-11-10-19-6-4-5-7-20(19)18-21)24-12-13-25-14-16-26(17-15-25)30(28,29)22-8-2-1-3-9-22/h1-11,18H,12-17H2,(H,24,27). The number of sulfonamides is 1. The summed E-state index contributed by atoms with van der Waals surface area (Å²) in [7, 11) is -3.44. The number of nitrogens with one attached hydrogen (secondary N) is 1. The molecule has 3 aromatic carbocycles. The second-order valence-corrected chi connectivity index (χ2v) is 9.31. The molecule has 3 aromatic rings. The van der Waals surface area contributed by atoms with E-state index in [0.29, 0.717) is 49.7 Å². The van der Waals surface area contributed by atoms with Crippen LogP contribution in [0.4, 0.5) is 0 Å². The van der Waals surface area contributed by atoms with Crippen LogP contribution >= 0.6 is 0 Å². The van der Waals surface area contributed by atoms with Crippen molar-refractivity contribution in [1.29, 1.82) is 0 Å². The number of benzene rings is 3. The summed E-state index contributed by atoms with van der Waals surface area (Å²) in [6.07, 6.45) is 0. The Morgan fingerprint density at radius 1 is 0.833 bits per heavy atom. The third-order valence-electron chi connectivity index (χ3n) is 5.44. The number of nitrogens with zero attached hydrogens (tertiary/aromatic N) is 2. The molecule has 4 rings (SSSR count). The topological polar surface area (TPSA) is 69.7 Å². The normalized spacial score (nSPS) is 15.9. The number of carbonyl (C=O) groups excluding carboxylic acids is 1. The van der Waals surface area contributed by atoms with Crippen LogP contribution in [-0.4, -0.2) is 62.8 Å². The van der Waals surface area contributed by atoms with E-state index in [1.54, 1.807) is 24.3 Å². The number of carbonyl (C=O) groups is 1. The lowest BCUT2D eigenvalue weighted by Crippen LogP contribution is -2.50. The van der Waals surface area contributed by atoms with Gasteiger partial charge in [0.05, 0.1) is 4.90 Å². The molecule has 0 saturated carbocycles. The minimum Gasteiger partial charge on any atom is -0.351 e. The Hall–Kier alpha value is -2.74. The van der Waals surface area contributed by atoms with Crippen LogP contribution in [-0.2, 0) is 10.0 Å². The van der Waals surface area contributed by atoms with Gasteiger partial charge in [0, 0.05) is 44.8 Å². The van der Waals surface area contributed by atoms with Crippen LogP contribution in [0.15, 0.2) is 77.7 Å². The second-order valence-electron chi connectivity index (χ2n) is 7.38. The maximum atomic E-state index is 12.7. The summed E-state index contributed by atoms with van der Waals surface area (Å²) in [5, 5.41) is 5.12. The van der Waals surface area contributed by atoms with Crippen molar-refractivity contribution in [3.05, 3.63) is 78.4 Å². The van der Waals surface area contributed by atoms with Gasteiger partial charge in [0.1, 0.15) is 0 Å². The van der Waals surface area contributed by atoms with Gasteiger partial charge in [-0.05, 0) is 35.0 Å². The van der Waals surface area contributed by atoms with E-state index < -0.39 is 10.0 Å². The first-order chi connectivity index (χ1) is 14.5. The van der Waals surface area contributed by atoms with Gasteiger partial charge in [-0.2, -0.15) is 4.31 Å². The summed E-state index contributed by atoms with van der Waals surface area (Å²) in [4.78, 5) is 15.0.